The van der Waals surface area contributed by atoms with Gasteiger partial charge in [-0.1, -0.05) is 29.8 Å². The van der Waals surface area contributed by atoms with Gasteiger partial charge in [-0.2, -0.15) is 0 Å². The minimum absolute atomic E-state index is 1.07. The number of fused-ring (bicyclic) bond motifs is 3. The van der Waals surface area contributed by atoms with Gasteiger partial charge < -0.3 is 0 Å². The monoisotopic (exact) mass is 444 g/mol. The average Bonchev–Trinajstić information content (AvgIpc) is 2.72. The van der Waals surface area contributed by atoms with E-state index in [1.807, 2.05) is 11.3 Å². The highest BCUT2D eigenvalue weighted by Gasteiger charge is 2.10. The maximum absolute atomic E-state index is 3.68. The minimum Gasteiger partial charge on any atom is -0.135 e. The van der Waals surface area contributed by atoms with E-state index in [2.05, 4.69) is 76.6 Å². The second-order valence-electron chi connectivity index (χ2n) is 4.69. The number of hydrogen-bond donors (Lipinski definition) is 0. The number of aryl methyl sites for hydroxylation is 2. The molecular weight excluding hydrogens is 431 g/mol. The van der Waals surface area contributed by atoms with Crippen molar-refractivity contribution in [3.05, 3.63) is 43.4 Å². The van der Waals surface area contributed by atoms with Crippen molar-refractivity contribution in [2.24, 2.45) is 0 Å². The second-order valence-corrected chi connectivity index (χ2v) is 7.79. The maximum atomic E-state index is 3.68. The van der Waals surface area contributed by atoms with Crippen LogP contribution in [0.1, 0.15) is 25.0 Å². The first-order valence-corrected chi connectivity index (χ1v) is 9.16. The van der Waals surface area contributed by atoms with E-state index in [1.54, 1.807) is 0 Å². The van der Waals surface area contributed by atoms with Crippen LogP contribution >= 0.6 is 49.9 Å². The fraction of sp³-hybridized carbons (Fsp3) is 0.250. The van der Waals surface area contributed by atoms with Gasteiger partial charge in [0.2, 0.25) is 0 Å². The third-order valence-corrected chi connectivity index (χ3v) is 6.43. The zero-order valence-electron chi connectivity index (χ0n) is 10.9. The summed E-state index contributed by atoms with van der Waals surface area (Å²) < 4.78 is 5.40. The summed E-state index contributed by atoms with van der Waals surface area (Å²) in [4.78, 5) is 0. The summed E-state index contributed by atoms with van der Waals surface area (Å²) in [6.45, 7) is 4.44. The Bertz CT molecular complexity index is 709. The first-order valence-electron chi connectivity index (χ1n) is 6.47. The third kappa shape index (κ3) is 2.34. The number of rotatable bonds is 2. The Morgan fingerprint density at radius 2 is 1.53 bits per heavy atom. The molecule has 0 unspecified atom stereocenters. The van der Waals surface area contributed by atoms with Crippen molar-refractivity contribution >= 4 is 70.0 Å². The highest BCUT2D eigenvalue weighted by atomic mass is 127. The largest absolute Gasteiger partial charge is 0.135 e. The van der Waals surface area contributed by atoms with Crippen LogP contribution in [0.5, 0.6) is 0 Å². The van der Waals surface area contributed by atoms with Gasteiger partial charge in [0.25, 0.3) is 0 Å². The molecule has 0 radical (unpaired) electrons. The lowest BCUT2D eigenvalue weighted by atomic mass is 10.1. The van der Waals surface area contributed by atoms with Crippen LogP contribution in [-0.2, 0) is 12.8 Å². The smallest absolute Gasteiger partial charge is 0.0366 e. The highest BCUT2D eigenvalue weighted by molar-refractivity contribution is 14.1. The van der Waals surface area contributed by atoms with E-state index in [9.17, 15) is 0 Å². The molecule has 0 aliphatic heterocycles. The van der Waals surface area contributed by atoms with Crippen LogP contribution in [0.25, 0.3) is 20.2 Å². The van der Waals surface area contributed by atoms with E-state index in [0.717, 1.165) is 12.8 Å². The lowest BCUT2D eigenvalue weighted by molar-refractivity contribution is 1.13. The Kier molecular flexibility index (Phi) is 3.89. The molecule has 0 aliphatic rings. The Labute approximate surface area is 139 Å². The van der Waals surface area contributed by atoms with Crippen molar-refractivity contribution in [2.45, 2.75) is 26.7 Å². The molecule has 0 N–H and O–H groups in total. The Morgan fingerprint density at radius 3 is 2.16 bits per heavy atom. The molecule has 0 saturated heterocycles. The molecule has 3 heteroatoms. The van der Waals surface area contributed by atoms with Crippen molar-refractivity contribution in [3.8, 4) is 0 Å². The van der Waals surface area contributed by atoms with Crippen LogP contribution in [0.15, 0.2) is 28.7 Å². The molecule has 0 bridgehead atoms. The minimum atomic E-state index is 1.07. The second kappa shape index (κ2) is 5.34. The fourth-order valence-electron chi connectivity index (χ4n) is 2.45. The molecule has 0 fully saturated rings. The van der Waals surface area contributed by atoms with Gasteiger partial charge in [0.15, 0.2) is 0 Å². The van der Waals surface area contributed by atoms with Crippen molar-refractivity contribution in [2.75, 3.05) is 0 Å². The molecule has 0 nitrogen and oxygen atoms in total. The Morgan fingerprint density at radius 1 is 0.947 bits per heavy atom. The number of hydrogen-bond acceptors (Lipinski definition) is 1. The highest BCUT2D eigenvalue weighted by Crippen LogP contribution is 2.38. The van der Waals surface area contributed by atoms with Crippen molar-refractivity contribution in [1.29, 1.82) is 0 Å². The molecular formula is C16H14BrIS. The summed E-state index contributed by atoms with van der Waals surface area (Å²) in [6, 6.07) is 9.34. The van der Waals surface area contributed by atoms with Crippen LogP contribution in [0.2, 0.25) is 0 Å². The van der Waals surface area contributed by atoms with Gasteiger partial charge in [-0.05, 0) is 70.8 Å². The molecule has 0 saturated carbocycles. The van der Waals surface area contributed by atoms with Crippen molar-refractivity contribution in [1.82, 2.24) is 0 Å². The number of halogens is 2. The van der Waals surface area contributed by atoms with Crippen molar-refractivity contribution < 1.29 is 0 Å². The molecule has 1 aromatic heterocycles. The summed E-state index contributed by atoms with van der Waals surface area (Å²) in [5.41, 5.74) is 2.84. The van der Waals surface area contributed by atoms with Crippen LogP contribution < -0.4 is 0 Å². The predicted molar refractivity (Wildman–Crippen MR) is 98.5 cm³/mol. The third-order valence-electron chi connectivity index (χ3n) is 3.57. The van der Waals surface area contributed by atoms with E-state index in [0.29, 0.717) is 0 Å². The summed E-state index contributed by atoms with van der Waals surface area (Å²) >= 11 is 8.03. The standard InChI is InChI=1S/C16H14BrIS/c1-3-9-5-11-12-6-10(4-2)14(18)8-16(12)19-15(11)7-13(9)17/h5-8H,3-4H2,1-2H3. The molecule has 2 aromatic carbocycles. The first kappa shape index (κ1) is 13.8. The van der Waals surface area contributed by atoms with Gasteiger partial charge in [0.05, 0.1) is 0 Å². The lowest BCUT2D eigenvalue weighted by Crippen LogP contribution is -1.85. The SMILES string of the molecule is CCc1cc2c(cc1Br)sc1cc(I)c(CC)cc12. The first-order chi connectivity index (χ1) is 9.13. The summed E-state index contributed by atoms with van der Waals surface area (Å²) in [5, 5.41) is 2.82. The van der Waals surface area contributed by atoms with Crippen LogP contribution in [0.3, 0.4) is 0 Å². The summed E-state index contributed by atoms with van der Waals surface area (Å²) in [5.74, 6) is 0. The van der Waals surface area contributed by atoms with Gasteiger partial charge in [-0.25, -0.2) is 0 Å². The molecule has 19 heavy (non-hydrogen) atoms. The van der Waals surface area contributed by atoms with Gasteiger partial charge in [0, 0.05) is 28.2 Å². The molecule has 0 amide bonds. The normalized spacial score (nSPS) is 11.6. The predicted octanol–water partition coefficient (Wildman–Crippen LogP) is 6.55. The van der Waals surface area contributed by atoms with E-state index >= 15 is 0 Å². The average molecular weight is 445 g/mol. The van der Waals surface area contributed by atoms with Crippen molar-refractivity contribution in [3.63, 3.8) is 0 Å². The zero-order chi connectivity index (χ0) is 13.6. The molecule has 0 spiro atoms. The van der Waals surface area contributed by atoms with Gasteiger partial charge >= 0.3 is 0 Å². The maximum Gasteiger partial charge on any atom is 0.0366 e. The van der Waals surface area contributed by atoms with E-state index in [1.165, 1.54) is 39.3 Å². The molecule has 98 valence electrons. The van der Waals surface area contributed by atoms with E-state index in [-0.39, 0.29) is 0 Å². The van der Waals surface area contributed by atoms with E-state index < -0.39 is 0 Å². The molecule has 3 rings (SSSR count). The van der Waals surface area contributed by atoms with Crippen LogP contribution in [0.4, 0.5) is 0 Å². The van der Waals surface area contributed by atoms with Gasteiger partial charge in [0.1, 0.15) is 0 Å². The molecule has 3 aromatic rings. The molecule has 0 aliphatic carbocycles. The topological polar surface area (TPSA) is 0 Å². The Balaban J connectivity index is 2.41. The molecule has 0 atom stereocenters. The lowest BCUT2D eigenvalue weighted by Gasteiger charge is -2.03. The van der Waals surface area contributed by atoms with Crippen LogP contribution in [0, 0.1) is 3.57 Å². The molecule has 1 heterocycles. The Hall–Kier alpha value is -0.130. The van der Waals surface area contributed by atoms with Gasteiger partial charge in [-0.3, -0.25) is 0 Å². The quantitative estimate of drug-likeness (QED) is 0.393. The van der Waals surface area contributed by atoms with Gasteiger partial charge in [-0.15, -0.1) is 11.3 Å². The number of thiophene rings is 1. The van der Waals surface area contributed by atoms with E-state index in [4.69, 9.17) is 0 Å². The van der Waals surface area contributed by atoms with Crippen LogP contribution in [-0.4, -0.2) is 0 Å². The zero-order valence-corrected chi connectivity index (χ0v) is 15.4. The summed E-state index contributed by atoms with van der Waals surface area (Å²) in [7, 11) is 0. The fourth-order valence-corrected chi connectivity index (χ4v) is 5.43. The number of benzene rings is 2. The summed E-state index contributed by atoms with van der Waals surface area (Å²) in [6.07, 6.45) is 2.17.